The number of furan rings is 1. The van der Waals surface area contributed by atoms with Gasteiger partial charge in [-0.05, 0) is 44.9 Å². The number of imidazole rings is 1. The van der Waals surface area contributed by atoms with Crippen LogP contribution in [0.25, 0.3) is 11.0 Å². The summed E-state index contributed by atoms with van der Waals surface area (Å²) < 4.78 is 7.95. The quantitative estimate of drug-likeness (QED) is 0.722. The molecule has 0 bridgehead atoms. The minimum Gasteiger partial charge on any atom is -0.451 e. The van der Waals surface area contributed by atoms with Gasteiger partial charge in [-0.3, -0.25) is 4.79 Å². The molecule has 3 heterocycles. The van der Waals surface area contributed by atoms with Crippen LogP contribution in [0.5, 0.6) is 0 Å². The number of aryl methyl sites for hydroxylation is 2. The lowest BCUT2D eigenvalue weighted by Gasteiger charge is -2.33. The molecule has 24 heavy (non-hydrogen) atoms. The molecule has 5 heteroatoms. The van der Waals surface area contributed by atoms with Gasteiger partial charge in [-0.15, -0.1) is 0 Å². The van der Waals surface area contributed by atoms with E-state index in [0.717, 1.165) is 41.7 Å². The Morgan fingerprint density at radius 2 is 2.17 bits per heavy atom. The molecule has 0 unspecified atom stereocenters. The van der Waals surface area contributed by atoms with Crippen molar-refractivity contribution in [3.63, 3.8) is 0 Å². The number of piperidine rings is 1. The van der Waals surface area contributed by atoms with Crippen LogP contribution in [0, 0.1) is 13.8 Å². The highest BCUT2D eigenvalue weighted by atomic mass is 16.3. The lowest BCUT2D eigenvalue weighted by molar-refractivity contribution is 0.0648. The molecule has 1 amide bonds. The zero-order valence-electron chi connectivity index (χ0n) is 14.0. The highest BCUT2D eigenvalue weighted by molar-refractivity contribution is 5.96. The van der Waals surface area contributed by atoms with Gasteiger partial charge < -0.3 is 13.9 Å². The molecule has 4 rings (SSSR count). The van der Waals surface area contributed by atoms with Crippen molar-refractivity contribution in [3.8, 4) is 0 Å². The molecule has 1 fully saturated rings. The van der Waals surface area contributed by atoms with Gasteiger partial charge >= 0.3 is 0 Å². The summed E-state index contributed by atoms with van der Waals surface area (Å²) in [7, 11) is 0. The molecule has 0 saturated carbocycles. The van der Waals surface area contributed by atoms with Gasteiger partial charge in [0.2, 0.25) is 0 Å². The Morgan fingerprint density at radius 1 is 1.29 bits per heavy atom. The number of likely N-dealkylation sites (tertiary alicyclic amines) is 1. The summed E-state index contributed by atoms with van der Waals surface area (Å²) in [6, 6.07) is 8.12. The third kappa shape index (κ3) is 2.60. The van der Waals surface area contributed by atoms with Crippen molar-refractivity contribution in [2.24, 2.45) is 0 Å². The van der Waals surface area contributed by atoms with Crippen LogP contribution >= 0.6 is 0 Å². The lowest BCUT2D eigenvalue weighted by Crippen LogP contribution is -2.40. The van der Waals surface area contributed by atoms with Gasteiger partial charge in [-0.1, -0.05) is 11.6 Å². The molecule has 2 aromatic heterocycles. The van der Waals surface area contributed by atoms with Crippen LogP contribution in [0.4, 0.5) is 0 Å². The molecular weight excluding hydrogens is 302 g/mol. The molecule has 5 nitrogen and oxygen atoms in total. The molecule has 0 spiro atoms. The Labute approximate surface area is 140 Å². The predicted octanol–water partition coefficient (Wildman–Crippen LogP) is 3.72. The molecule has 1 aliphatic heterocycles. The largest absolute Gasteiger partial charge is 0.451 e. The summed E-state index contributed by atoms with van der Waals surface area (Å²) in [5, 5.41) is 0.984. The van der Waals surface area contributed by atoms with Crippen LogP contribution in [-0.4, -0.2) is 33.4 Å². The Kier molecular flexibility index (Phi) is 3.63. The Hall–Kier alpha value is -2.56. The van der Waals surface area contributed by atoms with E-state index < -0.39 is 0 Å². The summed E-state index contributed by atoms with van der Waals surface area (Å²) in [6.45, 7) is 5.52. The third-order valence-corrected chi connectivity index (χ3v) is 4.82. The monoisotopic (exact) mass is 323 g/mol. The van der Waals surface area contributed by atoms with E-state index in [1.807, 2.05) is 55.4 Å². The lowest BCUT2D eigenvalue weighted by atomic mass is 10.0. The predicted molar refractivity (Wildman–Crippen MR) is 92.1 cm³/mol. The molecule has 3 aromatic rings. The molecule has 1 aromatic carbocycles. The van der Waals surface area contributed by atoms with Crippen molar-refractivity contribution in [3.05, 3.63) is 53.8 Å². The zero-order valence-corrected chi connectivity index (χ0v) is 14.0. The molecule has 1 saturated heterocycles. The van der Waals surface area contributed by atoms with Crippen molar-refractivity contribution >= 4 is 16.9 Å². The number of benzene rings is 1. The SMILES string of the molecule is Cc1ccc2oc(C(=O)N3CCC[C@@H](n4ccnc4C)C3)cc2c1. The van der Waals surface area contributed by atoms with Crippen LogP contribution in [0.2, 0.25) is 0 Å². The van der Waals surface area contributed by atoms with Crippen LogP contribution in [-0.2, 0) is 0 Å². The highest BCUT2D eigenvalue weighted by Crippen LogP contribution is 2.26. The van der Waals surface area contributed by atoms with Crippen molar-refractivity contribution in [1.29, 1.82) is 0 Å². The first-order valence-electron chi connectivity index (χ1n) is 8.41. The zero-order chi connectivity index (χ0) is 16.7. The molecule has 124 valence electrons. The molecule has 0 aliphatic carbocycles. The fourth-order valence-corrected chi connectivity index (χ4v) is 3.56. The van der Waals surface area contributed by atoms with Crippen molar-refractivity contribution < 1.29 is 9.21 Å². The second kappa shape index (κ2) is 5.82. The number of carbonyl (C=O) groups excluding carboxylic acids is 1. The van der Waals surface area contributed by atoms with E-state index in [1.54, 1.807) is 0 Å². The first-order valence-corrected chi connectivity index (χ1v) is 8.41. The Morgan fingerprint density at radius 3 is 2.96 bits per heavy atom. The van der Waals surface area contributed by atoms with E-state index >= 15 is 0 Å². The second-order valence-electron chi connectivity index (χ2n) is 6.58. The second-order valence-corrected chi connectivity index (χ2v) is 6.58. The molecule has 0 N–H and O–H groups in total. The van der Waals surface area contributed by atoms with E-state index in [1.165, 1.54) is 0 Å². The van der Waals surface area contributed by atoms with Crippen LogP contribution < -0.4 is 0 Å². The summed E-state index contributed by atoms with van der Waals surface area (Å²) >= 11 is 0. The molecule has 1 aliphatic rings. The van der Waals surface area contributed by atoms with Gasteiger partial charge in [0.1, 0.15) is 11.4 Å². The number of amides is 1. The fraction of sp³-hybridized carbons (Fsp3) is 0.368. The number of aromatic nitrogens is 2. The number of nitrogens with zero attached hydrogens (tertiary/aromatic N) is 3. The van der Waals surface area contributed by atoms with Crippen LogP contribution in [0.3, 0.4) is 0 Å². The summed E-state index contributed by atoms with van der Waals surface area (Å²) in [5.74, 6) is 1.40. The number of hydrogen-bond acceptors (Lipinski definition) is 3. The van der Waals surface area contributed by atoms with Gasteiger partial charge in [0, 0.05) is 30.9 Å². The summed E-state index contributed by atoms with van der Waals surface area (Å²) in [5.41, 5.74) is 1.93. The summed E-state index contributed by atoms with van der Waals surface area (Å²) in [6.07, 6.45) is 5.88. The first-order chi connectivity index (χ1) is 11.6. The first kappa shape index (κ1) is 15.0. The Bertz CT molecular complexity index is 893. The standard InChI is InChI=1S/C19H21N3O2/c1-13-5-6-17-15(10-13)11-18(24-17)19(23)21-8-3-4-16(12-21)22-9-7-20-14(22)2/h5-7,9-11,16H,3-4,8,12H2,1-2H3/t16-/m1/s1. The van der Waals surface area contributed by atoms with Gasteiger partial charge in [-0.25, -0.2) is 4.98 Å². The minimum absolute atomic E-state index is 0.0219. The maximum Gasteiger partial charge on any atom is 0.289 e. The Balaban J connectivity index is 1.57. The third-order valence-electron chi connectivity index (χ3n) is 4.82. The van der Waals surface area contributed by atoms with Gasteiger partial charge in [0.15, 0.2) is 5.76 Å². The smallest absolute Gasteiger partial charge is 0.289 e. The number of fused-ring (bicyclic) bond motifs is 1. The van der Waals surface area contributed by atoms with Crippen molar-refractivity contribution in [2.75, 3.05) is 13.1 Å². The fourth-order valence-electron chi connectivity index (χ4n) is 3.56. The van der Waals surface area contributed by atoms with E-state index in [9.17, 15) is 4.79 Å². The van der Waals surface area contributed by atoms with Crippen LogP contribution in [0.1, 0.15) is 40.8 Å². The van der Waals surface area contributed by atoms with Crippen molar-refractivity contribution in [2.45, 2.75) is 32.7 Å². The minimum atomic E-state index is -0.0219. The van der Waals surface area contributed by atoms with Gasteiger partial charge in [0.25, 0.3) is 5.91 Å². The topological polar surface area (TPSA) is 51.3 Å². The highest BCUT2D eigenvalue weighted by Gasteiger charge is 2.27. The van der Waals surface area contributed by atoms with Crippen molar-refractivity contribution in [1.82, 2.24) is 14.5 Å². The maximum atomic E-state index is 12.9. The average Bonchev–Trinajstić information content (AvgIpc) is 3.20. The van der Waals surface area contributed by atoms with E-state index in [2.05, 4.69) is 9.55 Å². The van der Waals surface area contributed by atoms with Gasteiger partial charge in [0.05, 0.1) is 6.04 Å². The molecule has 1 atom stereocenters. The number of hydrogen-bond donors (Lipinski definition) is 0. The van der Waals surface area contributed by atoms with E-state index in [-0.39, 0.29) is 11.9 Å². The molecular formula is C19H21N3O2. The van der Waals surface area contributed by atoms with E-state index in [0.29, 0.717) is 12.3 Å². The maximum absolute atomic E-state index is 12.9. The normalized spacial score (nSPS) is 18.2. The molecule has 0 radical (unpaired) electrons. The number of rotatable bonds is 2. The van der Waals surface area contributed by atoms with Gasteiger partial charge in [-0.2, -0.15) is 0 Å². The number of carbonyl (C=O) groups is 1. The summed E-state index contributed by atoms with van der Waals surface area (Å²) in [4.78, 5) is 19.1. The van der Waals surface area contributed by atoms with E-state index in [4.69, 9.17) is 4.42 Å². The average molecular weight is 323 g/mol. The van der Waals surface area contributed by atoms with Crippen LogP contribution in [0.15, 0.2) is 41.1 Å².